The van der Waals surface area contributed by atoms with Gasteiger partial charge in [-0.15, -0.1) is 0 Å². The molecule has 2 atom stereocenters. The Morgan fingerprint density at radius 1 is 1.43 bits per heavy atom. The van der Waals surface area contributed by atoms with Crippen molar-refractivity contribution in [1.82, 2.24) is 0 Å². The average molecular weight is 313 g/mol. The van der Waals surface area contributed by atoms with Crippen LogP contribution in [0.4, 0.5) is 0 Å². The zero-order valence-electron chi connectivity index (χ0n) is 12.1. The summed E-state index contributed by atoms with van der Waals surface area (Å²) < 4.78 is 28.9. The van der Waals surface area contributed by atoms with E-state index in [9.17, 15) is 13.5 Å². The second kappa shape index (κ2) is 7.24. The zero-order valence-corrected chi connectivity index (χ0v) is 12.9. The molecule has 0 bridgehead atoms. The molecule has 1 heterocycles. The van der Waals surface area contributed by atoms with Crippen molar-refractivity contribution >= 4 is 9.84 Å². The third-order valence-electron chi connectivity index (χ3n) is 3.73. The number of sulfone groups is 1. The smallest absolute Gasteiger partial charge is 0.150 e. The summed E-state index contributed by atoms with van der Waals surface area (Å²) in [5.74, 6) is 1.22. The van der Waals surface area contributed by atoms with Crippen LogP contribution >= 0.6 is 0 Å². The summed E-state index contributed by atoms with van der Waals surface area (Å²) in [7, 11) is -2.90. The van der Waals surface area contributed by atoms with Crippen molar-refractivity contribution in [3.05, 3.63) is 29.8 Å². The van der Waals surface area contributed by atoms with Gasteiger partial charge >= 0.3 is 0 Å². The molecule has 0 saturated carbocycles. The van der Waals surface area contributed by atoms with E-state index >= 15 is 0 Å². The standard InChI is InChI=1S/C15H23NO4S/c16-7-6-15(17)13-4-1-5-14(9-13)20-10-12-3-2-8-21(18,19)11-12/h1,4-5,9,12,15,17H,2-3,6-8,10-11,16H2/t12?,15-/m1/s1. The Morgan fingerprint density at radius 3 is 2.95 bits per heavy atom. The van der Waals surface area contributed by atoms with Crippen molar-refractivity contribution < 1.29 is 18.3 Å². The van der Waals surface area contributed by atoms with Crippen LogP contribution in [0.15, 0.2) is 24.3 Å². The normalized spacial score (nSPS) is 22.7. The topological polar surface area (TPSA) is 89.6 Å². The molecule has 1 aromatic carbocycles. The van der Waals surface area contributed by atoms with Crippen LogP contribution in [-0.4, -0.2) is 38.2 Å². The van der Waals surface area contributed by atoms with Crippen LogP contribution in [0.25, 0.3) is 0 Å². The Hall–Kier alpha value is -1.11. The lowest BCUT2D eigenvalue weighted by Crippen LogP contribution is -2.29. The summed E-state index contributed by atoms with van der Waals surface area (Å²) in [5, 5.41) is 9.92. The molecule has 5 nitrogen and oxygen atoms in total. The minimum Gasteiger partial charge on any atom is -0.493 e. The summed E-state index contributed by atoms with van der Waals surface area (Å²) in [6.07, 6.45) is 1.51. The number of rotatable bonds is 6. The SMILES string of the molecule is NCC[C@@H](O)c1cccc(OCC2CCCS(=O)(=O)C2)c1. The maximum atomic E-state index is 11.6. The maximum Gasteiger partial charge on any atom is 0.150 e. The van der Waals surface area contributed by atoms with E-state index in [1.807, 2.05) is 18.2 Å². The van der Waals surface area contributed by atoms with Gasteiger partial charge in [0.1, 0.15) is 5.75 Å². The van der Waals surface area contributed by atoms with Crippen LogP contribution in [0.2, 0.25) is 0 Å². The molecule has 118 valence electrons. The Bertz CT molecular complexity index is 559. The molecule has 1 aromatic rings. The molecule has 21 heavy (non-hydrogen) atoms. The number of hydrogen-bond acceptors (Lipinski definition) is 5. The molecule has 0 radical (unpaired) electrons. The molecule has 0 aromatic heterocycles. The van der Waals surface area contributed by atoms with Crippen molar-refractivity contribution in [3.63, 3.8) is 0 Å². The highest BCUT2D eigenvalue weighted by Crippen LogP contribution is 2.23. The summed E-state index contributed by atoms with van der Waals surface area (Å²) in [6.45, 7) is 0.821. The summed E-state index contributed by atoms with van der Waals surface area (Å²) in [5.41, 5.74) is 6.21. The first kappa shape index (κ1) is 16.3. The minimum atomic E-state index is -2.90. The molecular formula is C15H23NO4S. The molecule has 0 spiro atoms. The molecule has 1 unspecified atom stereocenters. The van der Waals surface area contributed by atoms with Crippen LogP contribution in [0.5, 0.6) is 5.75 Å². The summed E-state index contributed by atoms with van der Waals surface area (Å²) in [4.78, 5) is 0. The lowest BCUT2D eigenvalue weighted by Gasteiger charge is -2.22. The largest absolute Gasteiger partial charge is 0.493 e. The van der Waals surface area contributed by atoms with Gasteiger partial charge in [0.2, 0.25) is 0 Å². The van der Waals surface area contributed by atoms with Gasteiger partial charge in [-0.1, -0.05) is 12.1 Å². The van der Waals surface area contributed by atoms with Crippen molar-refractivity contribution in [1.29, 1.82) is 0 Å². The van der Waals surface area contributed by atoms with Gasteiger partial charge in [-0.05, 0) is 43.5 Å². The van der Waals surface area contributed by atoms with Crippen molar-refractivity contribution in [2.75, 3.05) is 24.7 Å². The number of aliphatic hydroxyl groups is 1. The quantitative estimate of drug-likeness (QED) is 0.825. The van der Waals surface area contributed by atoms with E-state index in [4.69, 9.17) is 10.5 Å². The van der Waals surface area contributed by atoms with Gasteiger partial charge in [0.05, 0.1) is 24.2 Å². The highest BCUT2D eigenvalue weighted by molar-refractivity contribution is 7.91. The fourth-order valence-electron chi connectivity index (χ4n) is 2.60. The lowest BCUT2D eigenvalue weighted by atomic mass is 10.1. The van der Waals surface area contributed by atoms with Gasteiger partial charge in [0.15, 0.2) is 9.84 Å². The molecule has 2 rings (SSSR count). The Balaban J connectivity index is 1.92. The van der Waals surface area contributed by atoms with Crippen molar-refractivity contribution in [2.45, 2.75) is 25.4 Å². The third-order valence-corrected chi connectivity index (χ3v) is 5.62. The lowest BCUT2D eigenvalue weighted by molar-refractivity contribution is 0.169. The van der Waals surface area contributed by atoms with Crippen LogP contribution in [0, 0.1) is 5.92 Å². The van der Waals surface area contributed by atoms with Gasteiger partial charge < -0.3 is 15.6 Å². The van der Waals surface area contributed by atoms with Crippen LogP contribution in [0.1, 0.15) is 30.9 Å². The van der Waals surface area contributed by atoms with Gasteiger partial charge in [-0.2, -0.15) is 0 Å². The number of hydrogen-bond donors (Lipinski definition) is 2. The molecule has 1 saturated heterocycles. The number of nitrogens with two attached hydrogens (primary N) is 1. The molecule has 0 aliphatic carbocycles. The van der Waals surface area contributed by atoms with E-state index in [0.717, 1.165) is 12.0 Å². The molecule has 1 aliphatic rings. The second-order valence-electron chi connectivity index (χ2n) is 5.60. The first-order valence-electron chi connectivity index (χ1n) is 7.31. The van der Waals surface area contributed by atoms with Crippen molar-refractivity contribution in [3.8, 4) is 5.75 Å². The Labute approximate surface area is 126 Å². The minimum absolute atomic E-state index is 0.0568. The molecule has 0 amide bonds. The fraction of sp³-hybridized carbons (Fsp3) is 0.600. The Morgan fingerprint density at radius 2 is 2.24 bits per heavy atom. The highest BCUT2D eigenvalue weighted by Gasteiger charge is 2.25. The van der Waals surface area contributed by atoms with E-state index < -0.39 is 15.9 Å². The predicted molar refractivity (Wildman–Crippen MR) is 81.9 cm³/mol. The fourth-order valence-corrected chi connectivity index (χ4v) is 4.35. The van der Waals surface area contributed by atoms with Gasteiger partial charge in [-0.25, -0.2) is 8.42 Å². The van der Waals surface area contributed by atoms with E-state index in [1.54, 1.807) is 6.07 Å². The zero-order chi connectivity index (χ0) is 15.3. The monoisotopic (exact) mass is 313 g/mol. The van der Waals surface area contributed by atoms with E-state index in [-0.39, 0.29) is 11.7 Å². The van der Waals surface area contributed by atoms with Crippen LogP contribution < -0.4 is 10.5 Å². The van der Waals surface area contributed by atoms with Crippen LogP contribution in [-0.2, 0) is 9.84 Å². The summed E-state index contributed by atoms with van der Waals surface area (Å²) >= 11 is 0. The van der Waals surface area contributed by atoms with Gasteiger partial charge in [0, 0.05) is 5.92 Å². The summed E-state index contributed by atoms with van der Waals surface area (Å²) in [6, 6.07) is 7.26. The Kier molecular flexibility index (Phi) is 5.61. The third kappa shape index (κ3) is 4.98. The highest BCUT2D eigenvalue weighted by atomic mass is 32.2. The van der Waals surface area contributed by atoms with E-state index in [1.165, 1.54) is 0 Å². The number of ether oxygens (including phenoxy) is 1. The van der Waals surface area contributed by atoms with Crippen molar-refractivity contribution in [2.24, 2.45) is 11.7 Å². The predicted octanol–water partition coefficient (Wildman–Crippen LogP) is 1.27. The molecule has 6 heteroatoms. The number of aliphatic hydroxyl groups excluding tert-OH is 1. The maximum absolute atomic E-state index is 11.6. The molecule has 1 fully saturated rings. The van der Waals surface area contributed by atoms with Gasteiger partial charge in [0.25, 0.3) is 0 Å². The number of benzene rings is 1. The molecular weight excluding hydrogens is 290 g/mol. The van der Waals surface area contributed by atoms with Crippen LogP contribution in [0.3, 0.4) is 0 Å². The molecule has 1 aliphatic heterocycles. The van der Waals surface area contributed by atoms with E-state index in [2.05, 4.69) is 0 Å². The first-order chi connectivity index (χ1) is 10.00. The van der Waals surface area contributed by atoms with Gasteiger partial charge in [-0.3, -0.25) is 0 Å². The van der Waals surface area contributed by atoms with E-state index in [0.29, 0.717) is 37.5 Å². The second-order valence-corrected chi connectivity index (χ2v) is 7.83. The average Bonchev–Trinajstić information content (AvgIpc) is 2.45. The first-order valence-corrected chi connectivity index (χ1v) is 9.13. The molecule has 3 N–H and O–H groups in total.